The van der Waals surface area contributed by atoms with Crippen LogP contribution in [0.15, 0.2) is 39.7 Å². The number of hydrogen-bond acceptors (Lipinski definition) is 4. The minimum atomic E-state index is -4.13. The van der Waals surface area contributed by atoms with Crippen LogP contribution in [0.25, 0.3) is 0 Å². The molecule has 1 amide bonds. The molecule has 29 heavy (non-hydrogen) atoms. The first-order valence-electron chi connectivity index (χ1n) is 9.05. The van der Waals surface area contributed by atoms with Crippen LogP contribution < -0.4 is 10.1 Å². The van der Waals surface area contributed by atoms with Crippen LogP contribution >= 0.6 is 15.9 Å². The van der Waals surface area contributed by atoms with Crippen LogP contribution in [0, 0.1) is 5.82 Å². The number of nitrogens with one attached hydrogen (secondary N) is 1. The molecule has 2 aromatic carbocycles. The molecule has 0 unspecified atom stereocenters. The molecule has 0 saturated heterocycles. The van der Waals surface area contributed by atoms with Gasteiger partial charge in [-0.15, -0.1) is 0 Å². The van der Waals surface area contributed by atoms with Crippen molar-refractivity contribution in [2.45, 2.75) is 31.6 Å². The SMILES string of the molecule is CCc1cc(Br)cc(CC)c1NC(=O)CN(C)S(=O)(=O)c1cc(F)ccc1OC. The van der Waals surface area contributed by atoms with E-state index in [1.165, 1.54) is 20.2 Å². The van der Waals surface area contributed by atoms with Gasteiger partial charge in [0.05, 0.1) is 13.7 Å². The largest absolute Gasteiger partial charge is 0.495 e. The zero-order chi connectivity index (χ0) is 21.8. The van der Waals surface area contributed by atoms with Crippen molar-refractivity contribution in [1.29, 1.82) is 0 Å². The first kappa shape index (κ1) is 23.3. The molecule has 0 radical (unpaired) electrons. The number of anilines is 1. The molecule has 158 valence electrons. The Bertz CT molecular complexity index is 987. The Kier molecular flexibility index (Phi) is 7.79. The molecule has 0 fully saturated rings. The average molecular weight is 487 g/mol. The normalized spacial score (nSPS) is 11.6. The molecule has 0 bridgehead atoms. The van der Waals surface area contributed by atoms with Gasteiger partial charge >= 0.3 is 0 Å². The van der Waals surface area contributed by atoms with Gasteiger partial charge in [0.25, 0.3) is 0 Å². The Morgan fingerprint density at radius 2 is 1.76 bits per heavy atom. The van der Waals surface area contributed by atoms with Gasteiger partial charge in [-0.25, -0.2) is 12.8 Å². The second-order valence-corrected chi connectivity index (χ2v) is 9.34. The van der Waals surface area contributed by atoms with Crippen molar-refractivity contribution in [3.63, 3.8) is 0 Å². The quantitative estimate of drug-likeness (QED) is 0.612. The van der Waals surface area contributed by atoms with E-state index in [-0.39, 0.29) is 10.6 Å². The highest BCUT2D eigenvalue weighted by Crippen LogP contribution is 2.29. The Hall–Kier alpha value is -1.97. The molecule has 2 aromatic rings. The number of carbonyl (C=O) groups is 1. The molecule has 1 N–H and O–H groups in total. The molecule has 0 atom stereocenters. The maximum Gasteiger partial charge on any atom is 0.247 e. The average Bonchev–Trinajstić information content (AvgIpc) is 2.68. The van der Waals surface area contributed by atoms with Gasteiger partial charge in [0.1, 0.15) is 16.5 Å². The van der Waals surface area contributed by atoms with Crippen LogP contribution in [-0.2, 0) is 27.7 Å². The molecule has 2 rings (SSSR count). The Morgan fingerprint density at radius 3 is 2.28 bits per heavy atom. The summed E-state index contributed by atoms with van der Waals surface area (Å²) in [6.07, 6.45) is 1.41. The monoisotopic (exact) mass is 486 g/mol. The minimum Gasteiger partial charge on any atom is -0.495 e. The standard InChI is InChI=1S/C20H24BrFN2O4S/c1-5-13-9-15(21)10-14(6-2)20(13)23-19(25)12-24(3)29(26,27)18-11-16(22)7-8-17(18)28-4/h7-11H,5-6,12H2,1-4H3,(H,23,25). The highest BCUT2D eigenvalue weighted by Gasteiger charge is 2.27. The fourth-order valence-corrected chi connectivity index (χ4v) is 4.77. The van der Waals surface area contributed by atoms with Gasteiger partial charge in [-0.05, 0) is 54.3 Å². The lowest BCUT2D eigenvalue weighted by molar-refractivity contribution is -0.116. The van der Waals surface area contributed by atoms with E-state index in [9.17, 15) is 17.6 Å². The number of amides is 1. The third-order valence-corrected chi connectivity index (χ3v) is 6.76. The van der Waals surface area contributed by atoms with Crippen molar-refractivity contribution < 1.29 is 22.3 Å². The lowest BCUT2D eigenvalue weighted by atomic mass is 10.0. The summed E-state index contributed by atoms with van der Waals surface area (Å²) in [6.45, 7) is 3.53. The first-order chi connectivity index (χ1) is 13.6. The van der Waals surface area contributed by atoms with Crippen LogP contribution in [0.3, 0.4) is 0 Å². The van der Waals surface area contributed by atoms with E-state index in [2.05, 4.69) is 21.2 Å². The summed E-state index contributed by atoms with van der Waals surface area (Å²) < 4.78 is 46.1. The summed E-state index contributed by atoms with van der Waals surface area (Å²) in [5.41, 5.74) is 2.58. The molecular weight excluding hydrogens is 463 g/mol. The van der Waals surface area contributed by atoms with Crippen LogP contribution in [-0.4, -0.2) is 39.3 Å². The van der Waals surface area contributed by atoms with Gasteiger partial charge in [-0.1, -0.05) is 29.8 Å². The number of halogens is 2. The number of likely N-dealkylation sites (N-methyl/N-ethyl adjacent to an activating group) is 1. The van der Waals surface area contributed by atoms with Crippen molar-refractivity contribution in [3.8, 4) is 5.75 Å². The van der Waals surface area contributed by atoms with E-state index in [4.69, 9.17) is 4.74 Å². The van der Waals surface area contributed by atoms with Crippen molar-refractivity contribution >= 4 is 37.5 Å². The topological polar surface area (TPSA) is 75.7 Å². The Morgan fingerprint density at radius 1 is 1.17 bits per heavy atom. The van der Waals surface area contributed by atoms with Crippen molar-refractivity contribution in [2.75, 3.05) is 26.0 Å². The number of carbonyl (C=O) groups excluding carboxylic acids is 1. The maximum absolute atomic E-state index is 13.6. The zero-order valence-electron chi connectivity index (χ0n) is 16.8. The lowest BCUT2D eigenvalue weighted by Gasteiger charge is -2.20. The number of rotatable bonds is 8. The maximum atomic E-state index is 13.6. The van der Waals surface area contributed by atoms with E-state index in [0.29, 0.717) is 18.5 Å². The number of ether oxygens (including phenoxy) is 1. The highest BCUT2D eigenvalue weighted by atomic mass is 79.9. The van der Waals surface area contributed by atoms with E-state index in [1.807, 2.05) is 26.0 Å². The number of sulfonamides is 1. The molecule has 0 aliphatic heterocycles. The molecule has 9 heteroatoms. The number of hydrogen-bond donors (Lipinski definition) is 1. The fraction of sp³-hybridized carbons (Fsp3) is 0.350. The second kappa shape index (κ2) is 9.69. The predicted molar refractivity (Wildman–Crippen MR) is 114 cm³/mol. The zero-order valence-corrected chi connectivity index (χ0v) is 19.2. The van der Waals surface area contributed by atoms with Gasteiger partial charge in [0, 0.05) is 17.2 Å². The summed E-state index contributed by atoms with van der Waals surface area (Å²) in [7, 11) is -1.57. The van der Waals surface area contributed by atoms with Crippen LogP contribution in [0.5, 0.6) is 5.75 Å². The molecule has 0 aliphatic rings. The number of methoxy groups -OCH3 is 1. The molecule has 0 aromatic heterocycles. The number of benzene rings is 2. The van der Waals surface area contributed by atoms with Crippen LogP contribution in [0.2, 0.25) is 0 Å². The summed E-state index contributed by atoms with van der Waals surface area (Å²) in [5, 5.41) is 2.83. The van der Waals surface area contributed by atoms with Crippen molar-refractivity contribution in [2.24, 2.45) is 0 Å². The van der Waals surface area contributed by atoms with Gasteiger partial charge in [-0.2, -0.15) is 4.31 Å². The van der Waals surface area contributed by atoms with E-state index >= 15 is 0 Å². The Balaban J connectivity index is 2.27. The smallest absolute Gasteiger partial charge is 0.247 e. The predicted octanol–water partition coefficient (Wildman–Crippen LogP) is 3.98. The molecule has 0 spiro atoms. The van der Waals surface area contributed by atoms with E-state index in [1.54, 1.807) is 0 Å². The van der Waals surface area contributed by atoms with Gasteiger partial charge in [0.2, 0.25) is 15.9 Å². The number of aryl methyl sites for hydroxylation is 2. The summed E-state index contributed by atoms with van der Waals surface area (Å²) in [5.74, 6) is -1.19. The summed E-state index contributed by atoms with van der Waals surface area (Å²) in [6, 6.07) is 7.07. The van der Waals surface area contributed by atoms with Gasteiger partial charge < -0.3 is 10.1 Å². The second-order valence-electron chi connectivity index (χ2n) is 6.41. The van der Waals surface area contributed by atoms with E-state index < -0.39 is 28.3 Å². The van der Waals surface area contributed by atoms with Crippen LogP contribution in [0.1, 0.15) is 25.0 Å². The molecule has 6 nitrogen and oxygen atoms in total. The molecular formula is C20H24BrFN2O4S. The third kappa shape index (κ3) is 5.34. The van der Waals surface area contributed by atoms with Crippen LogP contribution in [0.4, 0.5) is 10.1 Å². The minimum absolute atomic E-state index is 0.00751. The summed E-state index contributed by atoms with van der Waals surface area (Å²) >= 11 is 3.46. The van der Waals surface area contributed by atoms with Crippen molar-refractivity contribution in [1.82, 2.24) is 4.31 Å². The Labute approximate surface area is 179 Å². The van der Waals surface area contributed by atoms with Gasteiger partial charge in [-0.3, -0.25) is 4.79 Å². The summed E-state index contributed by atoms with van der Waals surface area (Å²) in [4.78, 5) is 12.3. The van der Waals surface area contributed by atoms with Gasteiger partial charge in [0.15, 0.2) is 0 Å². The lowest BCUT2D eigenvalue weighted by Crippen LogP contribution is -2.35. The third-order valence-electron chi connectivity index (χ3n) is 4.47. The molecule has 0 saturated carbocycles. The first-order valence-corrected chi connectivity index (χ1v) is 11.3. The molecule has 0 aliphatic carbocycles. The van der Waals surface area contributed by atoms with Crippen molar-refractivity contribution in [3.05, 3.63) is 51.7 Å². The number of nitrogens with zero attached hydrogens (tertiary/aromatic N) is 1. The van der Waals surface area contributed by atoms with E-state index in [0.717, 1.165) is 32.0 Å². The fourth-order valence-electron chi connectivity index (χ4n) is 2.93. The highest BCUT2D eigenvalue weighted by molar-refractivity contribution is 9.10. The molecule has 0 heterocycles.